The lowest BCUT2D eigenvalue weighted by molar-refractivity contribution is 0.251. The molecule has 0 aromatic heterocycles. The highest BCUT2D eigenvalue weighted by molar-refractivity contribution is 5.91. The SMILES string of the molecule is CCC1CC1NC(=O)Nc1cc(N)c(C)cc1C. The minimum atomic E-state index is -0.137. The van der Waals surface area contributed by atoms with E-state index in [0.29, 0.717) is 17.6 Å². The average molecular weight is 247 g/mol. The summed E-state index contributed by atoms with van der Waals surface area (Å²) >= 11 is 0. The third-order valence-corrected chi connectivity index (χ3v) is 3.62. The summed E-state index contributed by atoms with van der Waals surface area (Å²) in [5.74, 6) is 0.653. The number of carbonyl (C=O) groups is 1. The van der Waals surface area contributed by atoms with Crippen LogP contribution in [0.3, 0.4) is 0 Å². The number of nitrogen functional groups attached to an aromatic ring is 1. The van der Waals surface area contributed by atoms with Crippen LogP contribution in [0.4, 0.5) is 16.2 Å². The Morgan fingerprint density at radius 3 is 2.72 bits per heavy atom. The van der Waals surface area contributed by atoms with E-state index in [-0.39, 0.29) is 6.03 Å². The van der Waals surface area contributed by atoms with Gasteiger partial charge in [-0.15, -0.1) is 0 Å². The van der Waals surface area contributed by atoms with E-state index in [1.54, 1.807) is 0 Å². The van der Waals surface area contributed by atoms with Crippen LogP contribution in [0.1, 0.15) is 30.9 Å². The molecule has 0 heterocycles. The molecule has 0 spiro atoms. The third-order valence-electron chi connectivity index (χ3n) is 3.62. The minimum absolute atomic E-state index is 0.137. The maximum absolute atomic E-state index is 11.8. The molecule has 4 heteroatoms. The molecule has 1 aliphatic carbocycles. The highest BCUT2D eigenvalue weighted by atomic mass is 16.2. The van der Waals surface area contributed by atoms with Crippen molar-refractivity contribution < 1.29 is 4.79 Å². The second-order valence-electron chi connectivity index (χ2n) is 5.13. The molecule has 0 radical (unpaired) electrons. The first-order valence-corrected chi connectivity index (χ1v) is 6.45. The molecule has 98 valence electrons. The van der Waals surface area contributed by atoms with Crippen LogP contribution in [0.15, 0.2) is 12.1 Å². The number of urea groups is 1. The molecule has 18 heavy (non-hydrogen) atoms. The Kier molecular flexibility index (Phi) is 3.45. The van der Waals surface area contributed by atoms with Crippen molar-refractivity contribution >= 4 is 17.4 Å². The van der Waals surface area contributed by atoms with Gasteiger partial charge in [-0.25, -0.2) is 4.79 Å². The van der Waals surface area contributed by atoms with E-state index in [1.165, 1.54) is 0 Å². The third kappa shape index (κ3) is 2.75. The van der Waals surface area contributed by atoms with Gasteiger partial charge in [0.2, 0.25) is 0 Å². The van der Waals surface area contributed by atoms with E-state index in [2.05, 4.69) is 17.6 Å². The molecule has 2 atom stereocenters. The first kappa shape index (κ1) is 12.7. The van der Waals surface area contributed by atoms with E-state index in [4.69, 9.17) is 5.73 Å². The number of aryl methyl sites for hydroxylation is 2. The first-order valence-electron chi connectivity index (χ1n) is 6.45. The van der Waals surface area contributed by atoms with Gasteiger partial charge in [-0.2, -0.15) is 0 Å². The lowest BCUT2D eigenvalue weighted by atomic mass is 10.1. The number of amides is 2. The van der Waals surface area contributed by atoms with Gasteiger partial charge < -0.3 is 16.4 Å². The zero-order valence-electron chi connectivity index (χ0n) is 11.2. The van der Waals surface area contributed by atoms with E-state index >= 15 is 0 Å². The number of nitrogens with two attached hydrogens (primary N) is 1. The molecule has 0 aliphatic heterocycles. The highest BCUT2D eigenvalue weighted by Gasteiger charge is 2.36. The molecule has 4 N–H and O–H groups in total. The Bertz CT molecular complexity index is 470. The predicted molar refractivity (Wildman–Crippen MR) is 74.7 cm³/mol. The number of anilines is 2. The van der Waals surface area contributed by atoms with Crippen LogP contribution in [0.2, 0.25) is 0 Å². The lowest BCUT2D eigenvalue weighted by Gasteiger charge is -2.12. The van der Waals surface area contributed by atoms with E-state index in [9.17, 15) is 4.79 Å². The molecule has 4 nitrogen and oxygen atoms in total. The lowest BCUT2D eigenvalue weighted by Crippen LogP contribution is -2.31. The number of hydrogen-bond acceptors (Lipinski definition) is 2. The molecule has 1 saturated carbocycles. The van der Waals surface area contributed by atoms with Gasteiger partial charge >= 0.3 is 6.03 Å². The Labute approximate surface area is 108 Å². The van der Waals surface area contributed by atoms with Crippen molar-refractivity contribution in [1.29, 1.82) is 0 Å². The number of benzene rings is 1. The summed E-state index contributed by atoms with van der Waals surface area (Å²) < 4.78 is 0. The Hall–Kier alpha value is -1.71. The van der Waals surface area contributed by atoms with Crippen LogP contribution >= 0.6 is 0 Å². The van der Waals surface area contributed by atoms with Crippen molar-refractivity contribution in [3.8, 4) is 0 Å². The molecular weight excluding hydrogens is 226 g/mol. The Balaban J connectivity index is 1.97. The van der Waals surface area contributed by atoms with Crippen molar-refractivity contribution in [1.82, 2.24) is 5.32 Å². The van der Waals surface area contributed by atoms with Gasteiger partial charge in [0.1, 0.15) is 0 Å². The van der Waals surface area contributed by atoms with Crippen molar-refractivity contribution in [2.45, 2.75) is 39.7 Å². The van der Waals surface area contributed by atoms with Crippen LogP contribution in [0, 0.1) is 19.8 Å². The maximum atomic E-state index is 11.8. The molecule has 2 amide bonds. The fourth-order valence-electron chi connectivity index (χ4n) is 2.21. The second-order valence-corrected chi connectivity index (χ2v) is 5.13. The largest absolute Gasteiger partial charge is 0.398 e. The molecule has 1 aromatic rings. The summed E-state index contributed by atoms with van der Waals surface area (Å²) in [6, 6.07) is 4.01. The monoisotopic (exact) mass is 247 g/mol. The van der Waals surface area contributed by atoms with Crippen molar-refractivity contribution in [3.63, 3.8) is 0 Å². The Morgan fingerprint density at radius 2 is 2.11 bits per heavy atom. The van der Waals surface area contributed by atoms with Crippen molar-refractivity contribution in [2.24, 2.45) is 5.92 Å². The van der Waals surface area contributed by atoms with Crippen LogP contribution in [0.5, 0.6) is 0 Å². The van der Waals surface area contributed by atoms with Crippen molar-refractivity contribution in [2.75, 3.05) is 11.1 Å². The van der Waals surface area contributed by atoms with Gasteiger partial charge in [-0.1, -0.05) is 19.4 Å². The van der Waals surface area contributed by atoms with Gasteiger partial charge in [0.25, 0.3) is 0 Å². The molecule has 2 unspecified atom stereocenters. The van der Waals surface area contributed by atoms with Crippen molar-refractivity contribution in [3.05, 3.63) is 23.3 Å². The van der Waals surface area contributed by atoms with E-state index < -0.39 is 0 Å². The van der Waals surface area contributed by atoms with E-state index in [0.717, 1.165) is 29.7 Å². The van der Waals surface area contributed by atoms with Gasteiger partial charge in [0.05, 0.1) is 0 Å². The van der Waals surface area contributed by atoms with Crippen LogP contribution in [0.25, 0.3) is 0 Å². The molecule has 1 aliphatic rings. The summed E-state index contributed by atoms with van der Waals surface area (Å²) in [7, 11) is 0. The van der Waals surface area contributed by atoms with Gasteiger partial charge in [-0.3, -0.25) is 0 Å². The normalized spacial score (nSPS) is 21.5. The first-order chi connectivity index (χ1) is 8.51. The zero-order chi connectivity index (χ0) is 13.3. The quantitative estimate of drug-likeness (QED) is 0.719. The fraction of sp³-hybridized carbons (Fsp3) is 0.500. The summed E-state index contributed by atoms with van der Waals surface area (Å²) in [5, 5.41) is 5.84. The molecule has 2 rings (SSSR count). The fourth-order valence-corrected chi connectivity index (χ4v) is 2.21. The number of carbonyl (C=O) groups excluding carboxylic acids is 1. The van der Waals surface area contributed by atoms with Crippen LogP contribution < -0.4 is 16.4 Å². The number of rotatable bonds is 3. The minimum Gasteiger partial charge on any atom is -0.398 e. The molecular formula is C14H21N3O. The predicted octanol–water partition coefficient (Wildman–Crippen LogP) is 2.81. The highest BCUT2D eigenvalue weighted by Crippen LogP contribution is 2.33. The summed E-state index contributed by atoms with van der Waals surface area (Å²) in [4.78, 5) is 11.8. The molecule has 1 fully saturated rings. The smallest absolute Gasteiger partial charge is 0.319 e. The van der Waals surface area contributed by atoms with Crippen LogP contribution in [-0.4, -0.2) is 12.1 Å². The molecule has 1 aromatic carbocycles. The average Bonchev–Trinajstić information content (AvgIpc) is 3.04. The standard InChI is InChI=1S/C14H21N3O/c1-4-10-6-13(10)17-14(18)16-12-7-11(15)8(2)5-9(12)3/h5,7,10,13H,4,6,15H2,1-3H3,(H2,16,17,18). The number of nitrogens with one attached hydrogen (secondary N) is 2. The number of hydrogen-bond donors (Lipinski definition) is 3. The van der Waals surface area contributed by atoms with Gasteiger partial charge in [0, 0.05) is 17.4 Å². The van der Waals surface area contributed by atoms with Gasteiger partial charge in [-0.05, 0) is 43.4 Å². The summed E-state index contributed by atoms with van der Waals surface area (Å²) in [6.45, 7) is 6.07. The molecule has 0 bridgehead atoms. The molecule has 0 saturated heterocycles. The van der Waals surface area contributed by atoms with E-state index in [1.807, 2.05) is 26.0 Å². The van der Waals surface area contributed by atoms with Crippen LogP contribution in [-0.2, 0) is 0 Å². The van der Waals surface area contributed by atoms with Gasteiger partial charge in [0.15, 0.2) is 0 Å². The second kappa shape index (κ2) is 4.88. The summed E-state index contributed by atoms with van der Waals surface area (Å²) in [6.07, 6.45) is 2.22. The Morgan fingerprint density at radius 1 is 1.39 bits per heavy atom. The topological polar surface area (TPSA) is 67.2 Å². The zero-order valence-corrected chi connectivity index (χ0v) is 11.2. The maximum Gasteiger partial charge on any atom is 0.319 e. The summed E-state index contributed by atoms with van der Waals surface area (Å²) in [5.41, 5.74) is 9.40.